The molecule has 1 heterocycles. The molecule has 1 rings (SSSR count). The number of ether oxygens (including phenoxy) is 2. The summed E-state index contributed by atoms with van der Waals surface area (Å²) in [5.74, 6) is -0.678. The topological polar surface area (TPSA) is 88.1 Å². The van der Waals surface area contributed by atoms with Crippen LogP contribution in [0.25, 0.3) is 0 Å². The van der Waals surface area contributed by atoms with Crippen molar-refractivity contribution in [3.63, 3.8) is 0 Å². The Morgan fingerprint density at radius 1 is 1.30 bits per heavy atom. The molecule has 7 nitrogen and oxygen atoms in total. The number of carbonyl (C=O) groups excluding carboxylic acids is 1. The number of hydrogen-bond donors (Lipinski definition) is 2. The summed E-state index contributed by atoms with van der Waals surface area (Å²) in [5.41, 5.74) is 0. The molecule has 0 aromatic carbocycles. The zero-order valence-electron chi connectivity index (χ0n) is 12.3. The van der Waals surface area contributed by atoms with Crippen molar-refractivity contribution >= 4 is 12.0 Å². The summed E-state index contributed by atoms with van der Waals surface area (Å²) in [6, 6.07) is -0.159. The highest BCUT2D eigenvalue weighted by atomic mass is 16.5. The van der Waals surface area contributed by atoms with Gasteiger partial charge >= 0.3 is 12.0 Å². The zero-order valence-corrected chi connectivity index (χ0v) is 12.3. The van der Waals surface area contributed by atoms with Crippen LogP contribution in [0.2, 0.25) is 0 Å². The number of carboxylic acid groups (broad SMARTS) is 1. The van der Waals surface area contributed by atoms with Gasteiger partial charge in [0.1, 0.15) is 12.2 Å². The van der Waals surface area contributed by atoms with E-state index in [-0.39, 0.29) is 30.6 Å². The van der Waals surface area contributed by atoms with Crippen molar-refractivity contribution < 1.29 is 24.2 Å². The summed E-state index contributed by atoms with van der Waals surface area (Å²) in [5, 5.41) is 11.4. The average Bonchev–Trinajstić information content (AvgIpc) is 2.85. The van der Waals surface area contributed by atoms with E-state index < -0.39 is 5.97 Å². The molecule has 2 amide bonds. The fraction of sp³-hybridized carbons (Fsp3) is 0.846. The van der Waals surface area contributed by atoms with Crippen molar-refractivity contribution in [2.24, 2.45) is 5.92 Å². The van der Waals surface area contributed by atoms with Gasteiger partial charge in [0.05, 0.1) is 13.1 Å². The molecule has 3 atom stereocenters. The Morgan fingerprint density at radius 3 is 2.30 bits per heavy atom. The second-order valence-corrected chi connectivity index (χ2v) is 5.18. The van der Waals surface area contributed by atoms with Crippen LogP contribution in [-0.2, 0) is 14.3 Å². The number of amides is 2. The molecule has 1 saturated heterocycles. The highest BCUT2D eigenvalue weighted by molar-refractivity contribution is 5.74. The Labute approximate surface area is 119 Å². The van der Waals surface area contributed by atoms with Gasteiger partial charge in [-0.2, -0.15) is 0 Å². The van der Waals surface area contributed by atoms with Gasteiger partial charge < -0.3 is 24.8 Å². The van der Waals surface area contributed by atoms with Crippen LogP contribution in [0.15, 0.2) is 0 Å². The summed E-state index contributed by atoms with van der Waals surface area (Å²) in [6.07, 6.45) is 0.472. The second-order valence-electron chi connectivity index (χ2n) is 5.18. The van der Waals surface area contributed by atoms with Gasteiger partial charge in [0.25, 0.3) is 0 Å². The Bertz CT molecular complexity index is 325. The maximum absolute atomic E-state index is 12.0. The Hall–Kier alpha value is -1.34. The Kier molecular flexibility index (Phi) is 6.74. The number of hydrogen-bond acceptors (Lipinski definition) is 4. The van der Waals surface area contributed by atoms with Gasteiger partial charge in [0, 0.05) is 27.2 Å². The summed E-state index contributed by atoms with van der Waals surface area (Å²) < 4.78 is 10.5. The highest BCUT2D eigenvalue weighted by Crippen LogP contribution is 2.15. The zero-order chi connectivity index (χ0) is 15.1. The van der Waals surface area contributed by atoms with E-state index in [1.807, 2.05) is 6.92 Å². The smallest absolute Gasteiger partial charge is 0.317 e. The average molecular weight is 288 g/mol. The lowest BCUT2D eigenvalue weighted by Gasteiger charge is -2.18. The van der Waals surface area contributed by atoms with Crippen molar-refractivity contribution in [3.8, 4) is 0 Å². The van der Waals surface area contributed by atoms with E-state index in [4.69, 9.17) is 14.6 Å². The number of carboxylic acids is 1. The molecule has 116 valence electrons. The van der Waals surface area contributed by atoms with E-state index in [2.05, 4.69) is 5.32 Å². The van der Waals surface area contributed by atoms with Crippen molar-refractivity contribution in [1.82, 2.24) is 10.2 Å². The van der Waals surface area contributed by atoms with Crippen molar-refractivity contribution in [2.75, 3.05) is 33.9 Å². The Balaban J connectivity index is 2.31. The maximum Gasteiger partial charge on any atom is 0.317 e. The number of methoxy groups -OCH3 is 2. The van der Waals surface area contributed by atoms with Gasteiger partial charge in [-0.15, -0.1) is 0 Å². The van der Waals surface area contributed by atoms with Crippen LogP contribution >= 0.6 is 0 Å². The lowest BCUT2D eigenvalue weighted by Crippen LogP contribution is -2.41. The predicted octanol–water partition coefficient (Wildman–Crippen LogP) is 0.543. The monoisotopic (exact) mass is 288 g/mol. The van der Waals surface area contributed by atoms with Crippen LogP contribution < -0.4 is 5.32 Å². The first-order valence-corrected chi connectivity index (χ1v) is 6.78. The molecule has 0 spiro atoms. The summed E-state index contributed by atoms with van der Waals surface area (Å²) in [6.45, 7) is 3.40. The first-order chi connectivity index (χ1) is 9.47. The highest BCUT2D eigenvalue weighted by Gasteiger charge is 2.35. The van der Waals surface area contributed by atoms with Crippen LogP contribution in [0.5, 0.6) is 0 Å². The van der Waals surface area contributed by atoms with Crippen molar-refractivity contribution in [1.29, 1.82) is 0 Å². The predicted molar refractivity (Wildman–Crippen MR) is 72.6 cm³/mol. The van der Waals surface area contributed by atoms with Crippen LogP contribution in [0.3, 0.4) is 0 Å². The van der Waals surface area contributed by atoms with Crippen LogP contribution in [0.4, 0.5) is 4.79 Å². The molecular weight excluding hydrogens is 264 g/mol. The summed E-state index contributed by atoms with van der Waals surface area (Å²) >= 11 is 0. The minimum atomic E-state index is -0.811. The molecule has 0 aromatic heterocycles. The van der Waals surface area contributed by atoms with Crippen molar-refractivity contribution in [3.05, 3.63) is 0 Å². The van der Waals surface area contributed by atoms with E-state index in [1.54, 1.807) is 19.1 Å². The minimum Gasteiger partial charge on any atom is -0.481 e. The molecule has 0 saturated carbocycles. The number of aliphatic carboxylic acids is 1. The van der Waals surface area contributed by atoms with E-state index in [0.29, 0.717) is 26.1 Å². The van der Waals surface area contributed by atoms with Gasteiger partial charge in [0.2, 0.25) is 0 Å². The number of nitrogens with one attached hydrogen (secondary N) is 1. The number of nitrogens with zero attached hydrogens (tertiary/aromatic N) is 1. The molecule has 7 heteroatoms. The number of carbonyl (C=O) groups is 2. The molecule has 1 aliphatic rings. The normalized spacial score (nSPS) is 23.6. The second kappa shape index (κ2) is 8.06. The van der Waals surface area contributed by atoms with Crippen LogP contribution in [0, 0.1) is 5.92 Å². The van der Waals surface area contributed by atoms with Gasteiger partial charge in [-0.05, 0) is 12.3 Å². The van der Waals surface area contributed by atoms with Crippen LogP contribution in [-0.4, -0.2) is 68.1 Å². The van der Waals surface area contributed by atoms with E-state index in [1.165, 1.54) is 0 Å². The van der Waals surface area contributed by atoms with Gasteiger partial charge in [-0.25, -0.2) is 4.79 Å². The molecule has 20 heavy (non-hydrogen) atoms. The SMILES string of the molecule is COC1CN(C(=O)NCC(C)CCC(=O)O)CC1OC. The van der Waals surface area contributed by atoms with Gasteiger partial charge in [-0.3, -0.25) is 4.79 Å². The lowest BCUT2D eigenvalue weighted by molar-refractivity contribution is -0.137. The summed E-state index contributed by atoms with van der Waals surface area (Å²) in [7, 11) is 3.21. The summed E-state index contributed by atoms with van der Waals surface area (Å²) in [4.78, 5) is 24.1. The fourth-order valence-electron chi connectivity index (χ4n) is 2.21. The molecular formula is C13H24N2O5. The quantitative estimate of drug-likeness (QED) is 0.714. The molecule has 3 unspecified atom stereocenters. The maximum atomic E-state index is 12.0. The van der Waals surface area contributed by atoms with Crippen molar-refractivity contribution in [2.45, 2.75) is 32.0 Å². The lowest BCUT2D eigenvalue weighted by atomic mass is 10.1. The third-order valence-corrected chi connectivity index (χ3v) is 3.56. The molecule has 0 bridgehead atoms. The first kappa shape index (κ1) is 16.7. The number of likely N-dealkylation sites (tertiary alicyclic amines) is 1. The molecule has 1 fully saturated rings. The minimum absolute atomic E-state index is 0.102. The largest absolute Gasteiger partial charge is 0.481 e. The first-order valence-electron chi connectivity index (χ1n) is 6.78. The molecule has 0 aromatic rings. The third kappa shape index (κ3) is 4.97. The fourth-order valence-corrected chi connectivity index (χ4v) is 2.21. The number of rotatable bonds is 7. The van der Waals surface area contributed by atoms with E-state index in [0.717, 1.165) is 0 Å². The molecule has 1 aliphatic heterocycles. The molecule has 2 N–H and O–H groups in total. The molecule has 0 aliphatic carbocycles. The van der Waals surface area contributed by atoms with Gasteiger partial charge in [0.15, 0.2) is 0 Å². The standard InChI is InChI=1S/C13H24N2O5/c1-9(4-5-12(16)17)6-14-13(18)15-7-10(19-2)11(8-15)20-3/h9-11H,4-8H2,1-3H3,(H,14,18)(H,16,17). The third-order valence-electron chi connectivity index (χ3n) is 3.56. The van der Waals surface area contributed by atoms with Gasteiger partial charge in [-0.1, -0.05) is 6.92 Å². The van der Waals surface area contributed by atoms with Crippen LogP contribution in [0.1, 0.15) is 19.8 Å². The number of urea groups is 1. The van der Waals surface area contributed by atoms with E-state index >= 15 is 0 Å². The Morgan fingerprint density at radius 2 is 1.85 bits per heavy atom. The molecule has 0 radical (unpaired) electrons. The van der Waals surface area contributed by atoms with E-state index in [9.17, 15) is 9.59 Å².